The van der Waals surface area contributed by atoms with E-state index in [-0.39, 0.29) is 17.5 Å². The fraction of sp³-hybridized carbons (Fsp3) is 0.273. The fourth-order valence-corrected chi connectivity index (χ4v) is 3.05. The van der Waals surface area contributed by atoms with Gasteiger partial charge in [-0.1, -0.05) is 0 Å². The molecular formula is C22H21NO4. The molecule has 5 heteroatoms. The summed E-state index contributed by atoms with van der Waals surface area (Å²) in [7, 11) is 1.56. The highest BCUT2D eigenvalue weighted by Gasteiger charge is 2.22. The molecule has 1 aliphatic heterocycles. The summed E-state index contributed by atoms with van der Waals surface area (Å²) < 4.78 is 16.6. The zero-order valence-corrected chi connectivity index (χ0v) is 15.6. The molecule has 5 nitrogen and oxygen atoms in total. The molecule has 0 saturated carbocycles. The maximum Gasteiger partial charge on any atom is 0.203 e. The Bertz CT molecular complexity index is 923. The SMILES string of the molecule is CCOc1cc2c(cc1/C=C(\C#N)C(=O)c1ccc(OC)cc1)OC(C)C2. The van der Waals surface area contributed by atoms with Crippen LogP contribution >= 0.6 is 0 Å². The van der Waals surface area contributed by atoms with Gasteiger partial charge in [-0.25, -0.2) is 0 Å². The Morgan fingerprint density at radius 1 is 1.33 bits per heavy atom. The number of methoxy groups -OCH3 is 1. The van der Waals surface area contributed by atoms with Crippen LogP contribution in [-0.4, -0.2) is 25.6 Å². The van der Waals surface area contributed by atoms with Gasteiger partial charge >= 0.3 is 0 Å². The number of hydrogen-bond acceptors (Lipinski definition) is 5. The minimum absolute atomic E-state index is 0.0344. The summed E-state index contributed by atoms with van der Waals surface area (Å²) in [5, 5.41) is 9.54. The van der Waals surface area contributed by atoms with E-state index >= 15 is 0 Å². The van der Waals surface area contributed by atoms with Gasteiger partial charge in [-0.05, 0) is 56.3 Å². The highest BCUT2D eigenvalue weighted by atomic mass is 16.5. The zero-order chi connectivity index (χ0) is 19.4. The molecular weight excluding hydrogens is 342 g/mol. The molecule has 2 aromatic rings. The van der Waals surface area contributed by atoms with Crippen molar-refractivity contribution in [1.29, 1.82) is 5.26 Å². The minimum atomic E-state index is -0.350. The van der Waals surface area contributed by atoms with E-state index in [2.05, 4.69) is 0 Å². The first kappa shape index (κ1) is 18.5. The summed E-state index contributed by atoms with van der Waals surface area (Å²) in [5.74, 6) is 1.71. The Kier molecular flexibility index (Phi) is 5.46. The molecule has 0 saturated heterocycles. The standard InChI is InChI=1S/C22H21NO4/c1-4-26-20-11-16-9-14(2)27-21(16)12-17(20)10-18(13-23)22(24)15-5-7-19(25-3)8-6-15/h5-8,10-12,14H,4,9H2,1-3H3/b18-10+. The van der Waals surface area contributed by atoms with Crippen LogP contribution in [0.3, 0.4) is 0 Å². The Balaban J connectivity index is 1.98. The first-order chi connectivity index (χ1) is 13.0. The van der Waals surface area contributed by atoms with Crippen LogP contribution in [0.2, 0.25) is 0 Å². The van der Waals surface area contributed by atoms with Gasteiger partial charge in [-0.3, -0.25) is 4.79 Å². The normalized spacial score (nSPS) is 15.5. The number of hydrogen-bond donors (Lipinski definition) is 0. The molecule has 0 aromatic heterocycles. The van der Waals surface area contributed by atoms with E-state index in [1.807, 2.05) is 32.0 Å². The largest absolute Gasteiger partial charge is 0.497 e. The van der Waals surface area contributed by atoms with E-state index in [1.54, 1.807) is 37.5 Å². The molecule has 0 N–H and O–H groups in total. The quantitative estimate of drug-likeness (QED) is 0.437. The second kappa shape index (κ2) is 7.96. The summed E-state index contributed by atoms with van der Waals surface area (Å²) >= 11 is 0. The summed E-state index contributed by atoms with van der Waals surface area (Å²) in [5.41, 5.74) is 2.19. The van der Waals surface area contributed by atoms with Gasteiger partial charge in [0.05, 0.1) is 13.7 Å². The van der Waals surface area contributed by atoms with Gasteiger partial charge in [0, 0.05) is 23.1 Å². The first-order valence-corrected chi connectivity index (χ1v) is 8.82. The molecule has 1 heterocycles. The monoisotopic (exact) mass is 363 g/mol. The average Bonchev–Trinajstić information content (AvgIpc) is 3.04. The number of nitrogens with zero attached hydrogens (tertiary/aromatic N) is 1. The molecule has 0 spiro atoms. The van der Waals surface area contributed by atoms with Crippen LogP contribution in [-0.2, 0) is 6.42 Å². The Morgan fingerprint density at radius 2 is 2.07 bits per heavy atom. The summed E-state index contributed by atoms with van der Waals surface area (Å²) in [6, 6.07) is 12.4. The Labute approximate surface area is 158 Å². The number of rotatable bonds is 6. The number of fused-ring (bicyclic) bond motifs is 1. The van der Waals surface area contributed by atoms with Crippen LogP contribution in [0, 0.1) is 11.3 Å². The second-order valence-electron chi connectivity index (χ2n) is 6.29. The van der Waals surface area contributed by atoms with Gasteiger partial charge in [-0.15, -0.1) is 0 Å². The maximum absolute atomic E-state index is 12.7. The summed E-state index contributed by atoms with van der Waals surface area (Å²) in [6.07, 6.45) is 2.48. The van der Waals surface area contributed by atoms with E-state index in [0.29, 0.717) is 29.2 Å². The Morgan fingerprint density at radius 3 is 2.70 bits per heavy atom. The van der Waals surface area contributed by atoms with Gasteiger partial charge in [0.2, 0.25) is 5.78 Å². The molecule has 1 aliphatic rings. The predicted octanol–water partition coefficient (Wildman–Crippen LogP) is 4.21. The minimum Gasteiger partial charge on any atom is -0.497 e. The van der Waals surface area contributed by atoms with Gasteiger partial charge in [0.15, 0.2) is 0 Å². The van der Waals surface area contributed by atoms with E-state index < -0.39 is 0 Å². The molecule has 0 radical (unpaired) electrons. The first-order valence-electron chi connectivity index (χ1n) is 8.82. The Hall–Kier alpha value is -3.26. The van der Waals surface area contributed by atoms with Crippen molar-refractivity contribution in [2.45, 2.75) is 26.4 Å². The predicted molar refractivity (Wildman–Crippen MR) is 102 cm³/mol. The highest BCUT2D eigenvalue weighted by molar-refractivity contribution is 6.14. The van der Waals surface area contributed by atoms with Crippen LogP contribution in [0.15, 0.2) is 42.0 Å². The van der Waals surface area contributed by atoms with E-state index in [9.17, 15) is 10.1 Å². The van der Waals surface area contributed by atoms with Gasteiger partial charge in [0.1, 0.15) is 35.0 Å². The lowest BCUT2D eigenvalue weighted by Crippen LogP contribution is -2.05. The van der Waals surface area contributed by atoms with Gasteiger partial charge < -0.3 is 14.2 Å². The average molecular weight is 363 g/mol. The van der Waals surface area contributed by atoms with Crippen molar-refractivity contribution >= 4 is 11.9 Å². The smallest absolute Gasteiger partial charge is 0.203 e. The highest BCUT2D eigenvalue weighted by Crippen LogP contribution is 2.36. The second-order valence-corrected chi connectivity index (χ2v) is 6.29. The lowest BCUT2D eigenvalue weighted by molar-refractivity contribution is 0.104. The van der Waals surface area contributed by atoms with Crippen LogP contribution < -0.4 is 14.2 Å². The lowest BCUT2D eigenvalue weighted by atomic mass is 10.00. The third-order valence-electron chi connectivity index (χ3n) is 4.35. The molecule has 2 aromatic carbocycles. The molecule has 1 unspecified atom stereocenters. The van der Waals surface area contributed by atoms with Gasteiger partial charge in [-0.2, -0.15) is 5.26 Å². The van der Waals surface area contributed by atoms with Crippen molar-refractivity contribution < 1.29 is 19.0 Å². The van der Waals surface area contributed by atoms with Gasteiger partial charge in [0.25, 0.3) is 0 Å². The van der Waals surface area contributed by atoms with E-state index in [1.165, 1.54) is 0 Å². The fourth-order valence-electron chi connectivity index (χ4n) is 3.05. The summed E-state index contributed by atoms with van der Waals surface area (Å²) in [4.78, 5) is 12.7. The molecule has 0 aliphatic carbocycles. The van der Waals surface area contributed by atoms with Crippen LogP contribution in [0.5, 0.6) is 17.2 Å². The number of ether oxygens (including phenoxy) is 3. The molecule has 3 rings (SSSR count). The number of carbonyl (C=O) groups excluding carboxylic acids is 1. The maximum atomic E-state index is 12.7. The van der Waals surface area contributed by atoms with Crippen LogP contribution in [0.4, 0.5) is 0 Å². The number of benzene rings is 2. The topological polar surface area (TPSA) is 68.5 Å². The molecule has 27 heavy (non-hydrogen) atoms. The number of allylic oxidation sites excluding steroid dienone is 1. The zero-order valence-electron chi connectivity index (χ0n) is 15.6. The number of ketones is 1. The molecule has 1 atom stereocenters. The van der Waals surface area contributed by atoms with Crippen molar-refractivity contribution in [3.8, 4) is 23.3 Å². The number of carbonyl (C=O) groups is 1. The van der Waals surface area contributed by atoms with Crippen LogP contribution in [0.25, 0.3) is 6.08 Å². The van der Waals surface area contributed by atoms with E-state index in [4.69, 9.17) is 14.2 Å². The lowest BCUT2D eigenvalue weighted by Gasteiger charge is -2.10. The molecule has 0 amide bonds. The van der Waals surface area contributed by atoms with Crippen molar-refractivity contribution in [3.63, 3.8) is 0 Å². The van der Waals surface area contributed by atoms with Crippen molar-refractivity contribution in [2.24, 2.45) is 0 Å². The number of nitriles is 1. The molecule has 138 valence electrons. The van der Waals surface area contributed by atoms with Crippen LogP contribution in [0.1, 0.15) is 35.3 Å². The summed E-state index contributed by atoms with van der Waals surface area (Å²) in [6.45, 7) is 4.39. The third kappa shape index (κ3) is 3.95. The van der Waals surface area contributed by atoms with Crippen molar-refractivity contribution in [2.75, 3.05) is 13.7 Å². The number of Topliss-reactive ketones (excluding diaryl/α,β-unsaturated/α-hetero) is 1. The van der Waals surface area contributed by atoms with Crippen molar-refractivity contribution in [1.82, 2.24) is 0 Å². The molecule has 0 bridgehead atoms. The third-order valence-corrected chi connectivity index (χ3v) is 4.35. The van der Waals surface area contributed by atoms with Crippen molar-refractivity contribution in [3.05, 3.63) is 58.7 Å². The van der Waals surface area contributed by atoms with E-state index in [0.717, 1.165) is 17.7 Å². The molecule has 0 fully saturated rings.